The van der Waals surface area contributed by atoms with E-state index in [-0.39, 0.29) is 17.7 Å². The average Bonchev–Trinajstić information content (AvgIpc) is 2.82. The Morgan fingerprint density at radius 3 is 2.11 bits per heavy atom. The molecule has 0 bridgehead atoms. The molecule has 2 aliphatic rings. The van der Waals surface area contributed by atoms with Crippen LogP contribution in [0, 0.1) is 0 Å². The molecule has 38 heavy (non-hydrogen) atoms. The first-order chi connectivity index (χ1) is 17.6. The standard InChI is InChI=1S/C27H35N3O8/c1-26(2,3)37-24(34)20-16(23(33)36-7)13-14-17-19(22(32)30(17)20)28-21(31)18(15-11-9-8-10-12-15)29-25(35)38-27(4,5)6/h8-12,17-19H,13-14H2,1-7H3,(H,28,31)(H,29,35)/t17-,18?,19-/m0/s1. The average molecular weight is 530 g/mol. The van der Waals surface area contributed by atoms with E-state index >= 15 is 0 Å². The van der Waals surface area contributed by atoms with E-state index in [1.165, 1.54) is 12.0 Å². The van der Waals surface area contributed by atoms with Crippen LogP contribution in [0.1, 0.15) is 66.0 Å². The molecular formula is C27H35N3O8. The number of hydrogen-bond acceptors (Lipinski definition) is 8. The molecule has 1 fully saturated rings. The van der Waals surface area contributed by atoms with Gasteiger partial charge in [0, 0.05) is 0 Å². The van der Waals surface area contributed by atoms with Crippen LogP contribution < -0.4 is 10.6 Å². The van der Waals surface area contributed by atoms with Crippen molar-refractivity contribution in [3.63, 3.8) is 0 Å². The number of hydrogen-bond donors (Lipinski definition) is 2. The highest BCUT2D eigenvalue weighted by molar-refractivity contribution is 6.07. The zero-order chi connectivity index (χ0) is 28.4. The Bertz CT molecular complexity index is 1150. The van der Waals surface area contributed by atoms with Crippen molar-refractivity contribution in [1.29, 1.82) is 0 Å². The van der Waals surface area contributed by atoms with Crippen molar-refractivity contribution in [1.82, 2.24) is 15.5 Å². The fourth-order valence-corrected chi connectivity index (χ4v) is 4.31. The highest BCUT2D eigenvalue weighted by atomic mass is 16.6. The van der Waals surface area contributed by atoms with Crippen molar-refractivity contribution in [2.24, 2.45) is 0 Å². The van der Waals surface area contributed by atoms with Crippen molar-refractivity contribution in [2.45, 2.75) is 83.7 Å². The molecule has 1 aromatic rings. The molecule has 2 N–H and O–H groups in total. The number of carbonyl (C=O) groups excluding carboxylic acids is 5. The molecule has 3 amide bonds. The van der Waals surface area contributed by atoms with Crippen LogP contribution in [0.4, 0.5) is 4.79 Å². The van der Waals surface area contributed by atoms with Crippen molar-refractivity contribution in [3.8, 4) is 0 Å². The Morgan fingerprint density at radius 1 is 0.947 bits per heavy atom. The van der Waals surface area contributed by atoms with Gasteiger partial charge in [0.2, 0.25) is 5.91 Å². The highest BCUT2D eigenvalue weighted by Crippen LogP contribution is 2.38. The Balaban J connectivity index is 1.84. The Morgan fingerprint density at radius 2 is 1.55 bits per heavy atom. The Kier molecular flexibility index (Phi) is 8.18. The number of esters is 2. The maximum atomic E-state index is 13.4. The lowest BCUT2D eigenvalue weighted by Crippen LogP contribution is -2.72. The molecule has 3 rings (SSSR count). The van der Waals surface area contributed by atoms with Crippen LogP contribution in [0.15, 0.2) is 41.6 Å². The first-order valence-corrected chi connectivity index (χ1v) is 12.4. The van der Waals surface area contributed by atoms with E-state index in [2.05, 4.69) is 10.6 Å². The lowest BCUT2D eigenvalue weighted by Gasteiger charge is -2.50. The molecule has 206 valence electrons. The lowest BCUT2D eigenvalue weighted by molar-refractivity contribution is -0.163. The summed E-state index contributed by atoms with van der Waals surface area (Å²) in [5, 5.41) is 5.28. The minimum absolute atomic E-state index is 0.0462. The maximum absolute atomic E-state index is 13.4. The van der Waals surface area contributed by atoms with Crippen LogP contribution in [0.3, 0.4) is 0 Å². The molecule has 11 heteroatoms. The second kappa shape index (κ2) is 10.8. The number of methoxy groups -OCH3 is 1. The number of ether oxygens (including phenoxy) is 3. The number of fused-ring (bicyclic) bond motifs is 1. The fourth-order valence-electron chi connectivity index (χ4n) is 4.31. The fraction of sp³-hybridized carbons (Fsp3) is 0.519. The molecule has 0 saturated carbocycles. The predicted molar refractivity (Wildman–Crippen MR) is 135 cm³/mol. The molecule has 0 aliphatic carbocycles. The minimum atomic E-state index is -1.14. The number of β-lactam (4-membered cyclic amide) rings is 1. The van der Waals surface area contributed by atoms with Crippen molar-refractivity contribution < 1.29 is 38.2 Å². The summed E-state index contributed by atoms with van der Waals surface area (Å²) in [7, 11) is 1.19. The smallest absolute Gasteiger partial charge is 0.408 e. The summed E-state index contributed by atoms with van der Waals surface area (Å²) in [6.07, 6.45) is -0.331. The number of nitrogens with one attached hydrogen (secondary N) is 2. The first-order valence-electron chi connectivity index (χ1n) is 12.4. The van der Waals surface area contributed by atoms with E-state index in [0.29, 0.717) is 12.0 Å². The van der Waals surface area contributed by atoms with Gasteiger partial charge < -0.3 is 24.8 Å². The third kappa shape index (κ3) is 6.51. The number of amides is 3. The number of benzene rings is 1. The zero-order valence-electron chi connectivity index (χ0n) is 22.7. The third-order valence-corrected chi connectivity index (χ3v) is 5.81. The van der Waals surface area contributed by atoms with Gasteiger partial charge in [0.25, 0.3) is 5.91 Å². The first kappa shape index (κ1) is 28.7. The lowest BCUT2D eigenvalue weighted by atomic mass is 9.83. The Labute approximate surface area is 221 Å². The van der Waals surface area contributed by atoms with Crippen LogP contribution in [-0.2, 0) is 33.4 Å². The number of carbonyl (C=O) groups is 5. The molecule has 0 aromatic heterocycles. The molecule has 1 aromatic carbocycles. The van der Waals surface area contributed by atoms with E-state index in [1.54, 1.807) is 71.9 Å². The number of alkyl carbamates (subject to hydrolysis) is 1. The van der Waals surface area contributed by atoms with E-state index in [9.17, 15) is 24.0 Å². The van der Waals surface area contributed by atoms with Crippen LogP contribution in [0.2, 0.25) is 0 Å². The minimum Gasteiger partial charge on any atom is -0.466 e. The van der Waals surface area contributed by atoms with E-state index < -0.39 is 59.2 Å². The van der Waals surface area contributed by atoms with Crippen molar-refractivity contribution >= 4 is 29.8 Å². The van der Waals surface area contributed by atoms with Gasteiger partial charge in [-0.1, -0.05) is 30.3 Å². The monoisotopic (exact) mass is 529 g/mol. The van der Waals surface area contributed by atoms with Gasteiger partial charge in [0.15, 0.2) is 0 Å². The van der Waals surface area contributed by atoms with Gasteiger partial charge in [-0.3, -0.25) is 14.5 Å². The maximum Gasteiger partial charge on any atom is 0.408 e. The normalized spacial score (nSPS) is 20.0. The molecule has 1 unspecified atom stereocenters. The molecule has 0 radical (unpaired) electrons. The number of nitrogens with zero attached hydrogens (tertiary/aromatic N) is 1. The highest BCUT2D eigenvalue weighted by Gasteiger charge is 2.55. The quantitative estimate of drug-likeness (QED) is 0.325. The van der Waals surface area contributed by atoms with Gasteiger partial charge in [-0.2, -0.15) is 0 Å². The van der Waals surface area contributed by atoms with E-state index in [0.717, 1.165) is 0 Å². The van der Waals surface area contributed by atoms with Gasteiger partial charge >= 0.3 is 18.0 Å². The number of rotatable bonds is 6. The van der Waals surface area contributed by atoms with Crippen LogP contribution in [0.25, 0.3) is 0 Å². The van der Waals surface area contributed by atoms with Crippen LogP contribution >= 0.6 is 0 Å². The molecule has 0 spiro atoms. The SMILES string of the molecule is COC(=O)C1=C(C(=O)OC(C)(C)C)N2C(=O)[C@@H](NC(=O)C(NC(=O)OC(C)(C)C)c3ccccc3)[C@@H]2CC1. The predicted octanol–water partition coefficient (Wildman–Crippen LogP) is 2.51. The molecule has 2 heterocycles. The van der Waals surface area contributed by atoms with Gasteiger partial charge in [-0.25, -0.2) is 14.4 Å². The second-order valence-corrected chi connectivity index (χ2v) is 11.1. The van der Waals surface area contributed by atoms with Crippen molar-refractivity contribution in [2.75, 3.05) is 7.11 Å². The van der Waals surface area contributed by atoms with Gasteiger partial charge in [-0.05, 0) is 59.9 Å². The summed E-state index contributed by atoms with van der Waals surface area (Å²) in [5.74, 6) is -2.75. The second-order valence-electron chi connectivity index (χ2n) is 11.1. The summed E-state index contributed by atoms with van der Waals surface area (Å²) in [6.45, 7) is 10.1. The van der Waals surface area contributed by atoms with E-state index in [4.69, 9.17) is 14.2 Å². The topological polar surface area (TPSA) is 140 Å². The zero-order valence-corrected chi connectivity index (χ0v) is 22.7. The molecule has 2 aliphatic heterocycles. The summed E-state index contributed by atoms with van der Waals surface area (Å²) < 4.78 is 15.6. The van der Waals surface area contributed by atoms with Crippen LogP contribution in [0.5, 0.6) is 0 Å². The summed E-state index contributed by atoms with van der Waals surface area (Å²) in [6, 6.07) is 5.86. The van der Waals surface area contributed by atoms with Gasteiger partial charge in [0.1, 0.15) is 29.0 Å². The van der Waals surface area contributed by atoms with Gasteiger partial charge in [-0.15, -0.1) is 0 Å². The molecular weight excluding hydrogens is 494 g/mol. The summed E-state index contributed by atoms with van der Waals surface area (Å²) >= 11 is 0. The summed E-state index contributed by atoms with van der Waals surface area (Å²) in [4.78, 5) is 65.7. The molecule has 11 nitrogen and oxygen atoms in total. The van der Waals surface area contributed by atoms with E-state index in [1.807, 2.05) is 0 Å². The van der Waals surface area contributed by atoms with Gasteiger partial charge in [0.05, 0.1) is 18.7 Å². The Hall–Kier alpha value is -3.89. The molecule has 1 saturated heterocycles. The third-order valence-electron chi connectivity index (χ3n) is 5.81. The summed E-state index contributed by atoms with van der Waals surface area (Å²) in [5.41, 5.74) is -1.29. The largest absolute Gasteiger partial charge is 0.466 e. The molecule has 3 atom stereocenters. The van der Waals surface area contributed by atoms with Crippen molar-refractivity contribution in [3.05, 3.63) is 47.2 Å². The van der Waals surface area contributed by atoms with Crippen LogP contribution in [-0.4, -0.2) is 65.1 Å².